The summed E-state index contributed by atoms with van der Waals surface area (Å²) >= 11 is 0. The van der Waals surface area contributed by atoms with Gasteiger partial charge < -0.3 is 4.74 Å². The van der Waals surface area contributed by atoms with E-state index in [0.717, 1.165) is 22.4 Å². The van der Waals surface area contributed by atoms with Crippen molar-refractivity contribution in [2.45, 2.75) is 26.7 Å². The Labute approximate surface area is 124 Å². The van der Waals surface area contributed by atoms with Crippen LogP contribution in [0.3, 0.4) is 0 Å². The summed E-state index contributed by atoms with van der Waals surface area (Å²) in [7, 11) is 0. The van der Waals surface area contributed by atoms with Crippen LogP contribution in [-0.4, -0.2) is 12.4 Å². The summed E-state index contributed by atoms with van der Waals surface area (Å²) in [4.78, 5) is 11.9. The molecule has 0 amide bonds. The molecule has 2 aromatic carbocycles. The zero-order valence-electron chi connectivity index (χ0n) is 12.4. The number of hydrogen-bond acceptors (Lipinski definition) is 2. The molecule has 0 aliphatic rings. The minimum atomic E-state index is -0.272. The Hall–Kier alpha value is -2.16. The second kappa shape index (κ2) is 7.02. The summed E-state index contributed by atoms with van der Waals surface area (Å²) in [5, 5.41) is 0. The Morgan fingerprint density at radius 3 is 2.67 bits per heavy atom. The molecule has 3 heteroatoms. The standard InChI is InChI=1S/C18H19FO2/c1-13-4-3-5-18(10-13)21-9-8-17(20)12-15-6-7-16(19)11-14(15)2/h3-7,10-11H,8-9,12H2,1-2H3. The van der Waals surface area contributed by atoms with Gasteiger partial charge in [-0.25, -0.2) is 4.39 Å². The zero-order chi connectivity index (χ0) is 15.2. The van der Waals surface area contributed by atoms with Crippen molar-refractivity contribution in [2.75, 3.05) is 6.61 Å². The highest BCUT2D eigenvalue weighted by molar-refractivity contribution is 5.81. The van der Waals surface area contributed by atoms with Crippen LogP contribution in [0.1, 0.15) is 23.1 Å². The van der Waals surface area contributed by atoms with Crippen LogP contribution in [-0.2, 0) is 11.2 Å². The SMILES string of the molecule is Cc1cccc(OCCC(=O)Cc2ccc(F)cc2C)c1. The maximum Gasteiger partial charge on any atom is 0.140 e. The topological polar surface area (TPSA) is 26.3 Å². The van der Waals surface area contributed by atoms with Crippen molar-refractivity contribution >= 4 is 5.78 Å². The molecule has 0 aliphatic carbocycles. The number of hydrogen-bond donors (Lipinski definition) is 0. The van der Waals surface area contributed by atoms with Crippen LogP contribution in [0.5, 0.6) is 5.75 Å². The Kier molecular flexibility index (Phi) is 5.09. The fraction of sp³-hybridized carbons (Fsp3) is 0.278. The minimum Gasteiger partial charge on any atom is -0.493 e. The van der Waals surface area contributed by atoms with Crippen LogP contribution in [0.25, 0.3) is 0 Å². The number of Topliss-reactive ketones (excluding diaryl/α,β-unsaturated/α-hetero) is 1. The highest BCUT2D eigenvalue weighted by Crippen LogP contribution is 2.14. The monoisotopic (exact) mass is 286 g/mol. The van der Waals surface area contributed by atoms with Crippen molar-refractivity contribution in [1.82, 2.24) is 0 Å². The van der Waals surface area contributed by atoms with Gasteiger partial charge in [-0.15, -0.1) is 0 Å². The number of carbonyl (C=O) groups excluding carboxylic acids is 1. The van der Waals surface area contributed by atoms with Crippen molar-refractivity contribution in [3.63, 3.8) is 0 Å². The lowest BCUT2D eigenvalue weighted by molar-refractivity contribution is -0.118. The van der Waals surface area contributed by atoms with Crippen LogP contribution in [0.2, 0.25) is 0 Å². The van der Waals surface area contributed by atoms with E-state index in [-0.39, 0.29) is 11.6 Å². The molecule has 0 atom stereocenters. The molecular weight excluding hydrogens is 267 g/mol. The molecule has 0 N–H and O–H groups in total. The average Bonchev–Trinajstić information content (AvgIpc) is 2.42. The van der Waals surface area contributed by atoms with Gasteiger partial charge in [0.1, 0.15) is 17.3 Å². The van der Waals surface area contributed by atoms with Crippen LogP contribution >= 0.6 is 0 Å². The Balaban J connectivity index is 1.82. The Morgan fingerprint density at radius 1 is 1.14 bits per heavy atom. The lowest BCUT2D eigenvalue weighted by Gasteiger charge is -2.08. The molecule has 0 radical (unpaired) electrons. The first-order chi connectivity index (χ1) is 10.0. The number of halogens is 1. The number of ether oxygens (including phenoxy) is 1. The lowest BCUT2D eigenvalue weighted by atomic mass is 10.0. The molecule has 0 aliphatic heterocycles. The molecule has 0 saturated heterocycles. The second-order valence-electron chi connectivity index (χ2n) is 5.20. The molecule has 0 unspecified atom stereocenters. The van der Waals surface area contributed by atoms with Gasteiger partial charge in [0.15, 0.2) is 0 Å². The molecule has 0 fully saturated rings. The van der Waals surface area contributed by atoms with E-state index < -0.39 is 0 Å². The number of aryl methyl sites for hydroxylation is 2. The van der Waals surface area contributed by atoms with Gasteiger partial charge in [-0.05, 0) is 54.8 Å². The van der Waals surface area contributed by atoms with Crippen molar-refractivity contribution < 1.29 is 13.9 Å². The van der Waals surface area contributed by atoms with Crippen molar-refractivity contribution in [2.24, 2.45) is 0 Å². The van der Waals surface area contributed by atoms with E-state index in [1.54, 1.807) is 6.07 Å². The summed E-state index contributed by atoms with van der Waals surface area (Å²) in [5.74, 6) is 0.601. The molecule has 0 heterocycles. The largest absolute Gasteiger partial charge is 0.493 e. The summed E-state index contributed by atoms with van der Waals surface area (Å²) < 4.78 is 18.6. The zero-order valence-corrected chi connectivity index (χ0v) is 12.4. The quantitative estimate of drug-likeness (QED) is 0.801. The normalized spacial score (nSPS) is 10.4. The number of ketones is 1. The molecular formula is C18H19FO2. The smallest absolute Gasteiger partial charge is 0.140 e. The first-order valence-corrected chi connectivity index (χ1v) is 7.01. The van der Waals surface area contributed by atoms with Gasteiger partial charge in [0, 0.05) is 12.8 Å². The Morgan fingerprint density at radius 2 is 1.95 bits per heavy atom. The molecule has 0 bridgehead atoms. The average molecular weight is 286 g/mol. The molecule has 2 nitrogen and oxygen atoms in total. The maximum atomic E-state index is 13.0. The van der Waals surface area contributed by atoms with Gasteiger partial charge in [-0.1, -0.05) is 18.2 Å². The molecule has 2 rings (SSSR count). The Bertz CT molecular complexity index is 635. The highest BCUT2D eigenvalue weighted by atomic mass is 19.1. The molecule has 2 aromatic rings. The van der Waals surface area contributed by atoms with Crippen molar-refractivity contribution in [3.05, 3.63) is 65.0 Å². The minimum absolute atomic E-state index is 0.0948. The summed E-state index contributed by atoms with van der Waals surface area (Å²) in [6, 6.07) is 12.2. The van der Waals surface area contributed by atoms with E-state index in [1.165, 1.54) is 12.1 Å². The lowest BCUT2D eigenvalue weighted by Crippen LogP contribution is -2.09. The molecule has 110 valence electrons. The third-order valence-electron chi connectivity index (χ3n) is 3.33. The van der Waals surface area contributed by atoms with E-state index in [2.05, 4.69) is 0 Å². The molecule has 0 aromatic heterocycles. The van der Waals surface area contributed by atoms with Crippen LogP contribution < -0.4 is 4.74 Å². The van der Waals surface area contributed by atoms with Gasteiger partial charge in [-0.2, -0.15) is 0 Å². The second-order valence-corrected chi connectivity index (χ2v) is 5.20. The van der Waals surface area contributed by atoms with Crippen LogP contribution in [0.15, 0.2) is 42.5 Å². The first kappa shape index (κ1) is 15.2. The van der Waals surface area contributed by atoms with E-state index in [9.17, 15) is 9.18 Å². The van der Waals surface area contributed by atoms with Gasteiger partial charge in [0.05, 0.1) is 6.61 Å². The third-order valence-corrected chi connectivity index (χ3v) is 3.33. The fourth-order valence-corrected chi connectivity index (χ4v) is 2.15. The number of carbonyl (C=O) groups is 1. The molecule has 0 spiro atoms. The molecule has 0 saturated carbocycles. The van der Waals surface area contributed by atoms with Crippen LogP contribution in [0.4, 0.5) is 4.39 Å². The first-order valence-electron chi connectivity index (χ1n) is 7.01. The van der Waals surface area contributed by atoms with Gasteiger partial charge >= 0.3 is 0 Å². The summed E-state index contributed by atoms with van der Waals surface area (Å²) in [6.07, 6.45) is 0.675. The maximum absolute atomic E-state index is 13.0. The number of benzene rings is 2. The van der Waals surface area contributed by atoms with Gasteiger partial charge in [0.25, 0.3) is 0 Å². The number of rotatable bonds is 6. The summed E-state index contributed by atoms with van der Waals surface area (Å²) in [5.41, 5.74) is 2.81. The fourth-order valence-electron chi connectivity index (χ4n) is 2.15. The molecule has 21 heavy (non-hydrogen) atoms. The predicted molar refractivity (Wildman–Crippen MR) is 81.1 cm³/mol. The van der Waals surface area contributed by atoms with Gasteiger partial charge in [0.2, 0.25) is 0 Å². The highest BCUT2D eigenvalue weighted by Gasteiger charge is 2.07. The third kappa shape index (κ3) is 4.71. The van der Waals surface area contributed by atoms with Crippen molar-refractivity contribution in [3.8, 4) is 5.75 Å². The van der Waals surface area contributed by atoms with E-state index in [1.807, 2.05) is 38.1 Å². The van der Waals surface area contributed by atoms with Crippen LogP contribution in [0, 0.1) is 19.7 Å². The summed E-state index contributed by atoms with van der Waals surface area (Å²) in [6.45, 7) is 4.17. The van der Waals surface area contributed by atoms with E-state index in [4.69, 9.17) is 4.74 Å². The van der Waals surface area contributed by atoms with E-state index in [0.29, 0.717) is 19.4 Å². The van der Waals surface area contributed by atoms with E-state index >= 15 is 0 Å². The predicted octanol–water partition coefficient (Wildman–Crippen LogP) is 4.02. The van der Waals surface area contributed by atoms with Gasteiger partial charge in [-0.3, -0.25) is 4.79 Å². The van der Waals surface area contributed by atoms with Crippen molar-refractivity contribution in [1.29, 1.82) is 0 Å².